The molecule has 3 nitrogen and oxygen atoms in total. The molecule has 19 heavy (non-hydrogen) atoms. The standard InChI is InChI=1S/C11H16O2.C5H11N/c1-3-10(12)8-13-11-6-4-9(2)5-7-11;1-2-4-6-5-3-1/h4-7,10,12H,3,8H2,1-2H3;6H,1-5H2. The second-order valence-electron chi connectivity index (χ2n) is 5.00. The van der Waals surface area contributed by atoms with E-state index in [0.717, 1.165) is 12.2 Å². The van der Waals surface area contributed by atoms with Crippen LogP contribution in [0.4, 0.5) is 0 Å². The lowest BCUT2D eigenvalue weighted by atomic mass is 10.2. The van der Waals surface area contributed by atoms with E-state index < -0.39 is 0 Å². The van der Waals surface area contributed by atoms with Gasteiger partial charge >= 0.3 is 0 Å². The average Bonchev–Trinajstić information content (AvgIpc) is 2.49. The monoisotopic (exact) mass is 265 g/mol. The van der Waals surface area contributed by atoms with Gasteiger partial charge in [0.25, 0.3) is 0 Å². The molecule has 0 spiro atoms. The van der Waals surface area contributed by atoms with Crippen LogP contribution < -0.4 is 10.1 Å². The fourth-order valence-corrected chi connectivity index (χ4v) is 1.75. The smallest absolute Gasteiger partial charge is 0.119 e. The summed E-state index contributed by atoms with van der Waals surface area (Å²) in [6.45, 7) is 6.84. The summed E-state index contributed by atoms with van der Waals surface area (Å²) in [7, 11) is 0. The lowest BCUT2D eigenvalue weighted by molar-refractivity contribution is 0.104. The minimum Gasteiger partial charge on any atom is -0.491 e. The van der Waals surface area contributed by atoms with Crippen LogP contribution in [0.5, 0.6) is 5.75 Å². The van der Waals surface area contributed by atoms with Crippen molar-refractivity contribution in [2.75, 3.05) is 19.7 Å². The van der Waals surface area contributed by atoms with Gasteiger partial charge in [-0.3, -0.25) is 0 Å². The van der Waals surface area contributed by atoms with Crippen molar-refractivity contribution in [3.8, 4) is 5.75 Å². The zero-order chi connectivity index (χ0) is 13.9. The maximum absolute atomic E-state index is 9.25. The first-order valence-corrected chi connectivity index (χ1v) is 7.30. The Kier molecular flexibility index (Phi) is 8.26. The molecule has 0 saturated carbocycles. The van der Waals surface area contributed by atoms with E-state index in [1.807, 2.05) is 38.1 Å². The summed E-state index contributed by atoms with van der Waals surface area (Å²) < 4.78 is 5.36. The normalized spacial score (nSPS) is 16.2. The molecule has 2 N–H and O–H groups in total. The van der Waals surface area contributed by atoms with Gasteiger partial charge in [-0.25, -0.2) is 0 Å². The zero-order valence-corrected chi connectivity index (χ0v) is 12.2. The highest BCUT2D eigenvalue weighted by atomic mass is 16.5. The van der Waals surface area contributed by atoms with Crippen molar-refractivity contribution in [3.63, 3.8) is 0 Å². The predicted molar refractivity (Wildman–Crippen MR) is 79.7 cm³/mol. The fraction of sp³-hybridized carbons (Fsp3) is 0.625. The number of aryl methyl sites for hydroxylation is 1. The summed E-state index contributed by atoms with van der Waals surface area (Å²) in [6.07, 6.45) is 4.58. The van der Waals surface area contributed by atoms with Crippen LogP contribution in [-0.4, -0.2) is 30.9 Å². The molecule has 108 valence electrons. The Hall–Kier alpha value is -1.06. The Balaban J connectivity index is 0.000000250. The van der Waals surface area contributed by atoms with Gasteiger partial charge in [0, 0.05) is 0 Å². The van der Waals surface area contributed by atoms with E-state index in [9.17, 15) is 5.11 Å². The minimum atomic E-state index is -0.360. The van der Waals surface area contributed by atoms with Crippen molar-refractivity contribution in [1.82, 2.24) is 5.32 Å². The highest BCUT2D eigenvalue weighted by molar-refractivity contribution is 5.26. The number of rotatable bonds is 4. The molecule has 1 aromatic rings. The van der Waals surface area contributed by atoms with Gasteiger partial charge in [-0.15, -0.1) is 0 Å². The van der Waals surface area contributed by atoms with E-state index in [4.69, 9.17) is 4.74 Å². The molecule has 1 unspecified atom stereocenters. The number of hydrogen-bond acceptors (Lipinski definition) is 3. The van der Waals surface area contributed by atoms with Gasteiger partial charge in [-0.2, -0.15) is 0 Å². The Morgan fingerprint density at radius 1 is 1.16 bits per heavy atom. The maximum atomic E-state index is 9.25. The van der Waals surface area contributed by atoms with Crippen molar-refractivity contribution < 1.29 is 9.84 Å². The van der Waals surface area contributed by atoms with E-state index in [1.165, 1.54) is 37.9 Å². The SMILES string of the molecule is C1CCNCC1.CCC(O)COc1ccc(C)cc1. The van der Waals surface area contributed by atoms with E-state index in [0.29, 0.717) is 6.61 Å². The number of benzene rings is 1. The lowest BCUT2D eigenvalue weighted by Gasteiger charge is -2.09. The molecule has 0 aromatic heterocycles. The van der Waals surface area contributed by atoms with Gasteiger partial charge < -0.3 is 15.2 Å². The third-order valence-electron chi connectivity index (χ3n) is 3.14. The van der Waals surface area contributed by atoms with E-state index in [2.05, 4.69) is 5.32 Å². The number of ether oxygens (including phenoxy) is 1. The number of hydrogen-bond donors (Lipinski definition) is 2. The molecule has 1 aliphatic heterocycles. The van der Waals surface area contributed by atoms with E-state index in [1.54, 1.807) is 0 Å². The highest BCUT2D eigenvalue weighted by Crippen LogP contribution is 2.11. The van der Waals surface area contributed by atoms with Gasteiger partial charge in [0.05, 0.1) is 6.10 Å². The van der Waals surface area contributed by atoms with Gasteiger partial charge in [-0.1, -0.05) is 31.0 Å². The molecule has 3 heteroatoms. The number of nitrogens with one attached hydrogen (secondary N) is 1. The zero-order valence-electron chi connectivity index (χ0n) is 12.2. The van der Waals surface area contributed by atoms with E-state index >= 15 is 0 Å². The van der Waals surface area contributed by atoms with Crippen molar-refractivity contribution in [3.05, 3.63) is 29.8 Å². The molecule has 1 saturated heterocycles. The summed E-state index contributed by atoms with van der Waals surface area (Å²) in [6, 6.07) is 7.82. The third kappa shape index (κ3) is 7.85. The molecule has 0 amide bonds. The van der Waals surface area contributed by atoms with Crippen molar-refractivity contribution >= 4 is 0 Å². The Labute approximate surface area is 117 Å². The van der Waals surface area contributed by atoms with Crippen LogP contribution in [-0.2, 0) is 0 Å². The fourth-order valence-electron chi connectivity index (χ4n) is 1.75. The predicted octanol–water partition coefficient (Wildman–Crippen LogP) is 2.90. The average molecular weight is 265 g/mol. The first-order chi connectivity index (χ1) is 9.22. The van der Waals surface area contributed by atoms with Gasteiger partial charge in [-0.05, 0) is 51.4 Å². The van der Waals surface area contributed by atoms with Crippen LogP contribution in [0, 0.1) is 6.92 Å². The summed E-state index contributed by atoms with van der Waals surface area (Å²) in [4.78, 5) is 0. The molecule has 0 aliphatic carbocycles. The van der Waals surface area contributed by atoms with Gasteiger partial charge in [0.2, 0.25) is 0 Å². The molecule has 0 radical (unpaired) electrons. The summed E-state index contributed by atoms with van der Waals surface area (Å²) in [5.74, 6) is 0.818. The first-order valence-electron chi connectivity index (χ1n) is 7.30. The lowest BCUT2D eigenvalue weighted by Crippen LogP contribution is -2.21. The minimum absolute atomic E-state index is 0.360. The molecule has 1 fully saturated rings. The van der Waals surface area contributed by atoms with Crippen molar-refractivity contribution in [2.45, 2.75) is 45.6 Å². The summed E-state index contributed by atoms with van der Waals surface area (Å²) in [5, 5.41) is 12.5. The second kappa shape index (κ2) is 9.82. The van der Waals surface area contributed by atoms with Crippen LogP contribution in [0.2, 0.25) is 0 Å². The van der Waals surface area contributed by atoms with Crippen LogP contribution >= 0.6 is 0 Å². The maximum Gasteiger partial charge on any atom is 0.119 e. The first kappa shape index (κ1) is 16.0. The van der Waals surface area contributed by atoms with E-state index in [-0.39, 0.29) is 6.10 Å². The summed E-state index contributed by atoms with van der Waals surface area (Å²) >= 11 is 0. The molecule has 1 aliphatic rings. The number of piperidine rings is 1. The van der Waals surface area contributed by atoms with Gasteiger partial charge in [0.15, 0.2) is 0 Å². The molecule has 1 heterocycles. The molecule has 1 aromatic carbocycles. The number of aliphatic hydroxyl groups excluding tert-OH is 1. The number of aliphatic hydroxyl groups is 1. The highest BCUT2D eigenvalue weighted by Gasteiger charge is 2.00. The molecular formula is C16H27NO2. The molecule has 1 atom stereocenters. The molecule has 0 bridgehead atoms. The largest absolute Gasteiger partial charge is 0.491 e. The van der Waals surface area contributed by atoms with Crippen molar-refractivity contribution in [1.29, 1.82) is 0 Å². The molecular weight excluding hydrogens is 238 g/mol. The summed E-state index contributed by atoms with van der Waals surface area (Å²) in [5.41, 5.74) is 1.21. The van der Waals surface area contributed by atoms with Gasteiger partial charge in [0.1, 0.15) is 12.4 Å². The van der Waals surface area contributed by atoms with Crippen LogP contribution in [0.3, 0.4) is 0 Å². The topological polar surface area (TPSA) is 41.5 Å². The molecule has 2 rings (SSSR count). The van der Waals surface area contributed by atoms with Crippen molar-refractivity contribution in [2.24, 2.45) is 0 Å². The Bertz CT molecular complexity index is 309. The second-order valence-corrected chi connectivity index (χ2v) is 5.00. The Morgan fingerprint density at radius 3 is 2.21 bits per heavy atom. The van der Waals surface area contributed by atoms with Crippen LogP contribution in [0.15, 0.2) is 24.3 Å². The van der Waals surface area contributed by atoms with Crippen LogP contribution in [0.1, 0.15) is 38.2 Å². The Morgan fingerprint density at radius 2 is 1.79 bits per heavy atom. The quantitative estimate of drug-likeness (QED) is 0.879. The van der Waals surface area contributed by atoms with Crippen LogP contribution in [0.25, 0.3) is 0 Å². The third-order valence-corrected chi connectivity index (χ3v) is 3.14.